The monoisotopic (exact) mass is 466 g/mol. The van der Waals surface area contributed by atoms with Crippen LogP contribution in [0.5, 0.6) is 0 Å². The van der Waals surface area contributed by atoms with Crippen molar-refractivity contribution in [3.05, 3.63) is 40.0 Å². The summed E-state index contributed by atoms with van der Waals surface area (Å²) in [5.41, 5.74) is 11.5. The van der Waals surface area contributed by atoms with Crippen molar-refractivity contribution in [2.24, 2.45) is 45.5 Å². The molecule has 6 heteroatoms. The highest BCUT2D eigenvalue weighted by Crippen LogP contribution is 2.61. The highest BCUT2D eigenvalue weighted by atomic mass is 16.5. The van der Waals surface area contributed by atoms with E-state index in [4.69, 9.17) is 9.72 Å². The summed E-state index contributed by atoms with van der Waals surface area (Å²) in [4.78, 5) is 20.6. The van der Waals surface area contributed by atoms with Crippen LogP contribution in [0, 0.1) is 40.4 Å². The minimum Gasteiger partial charge on any atom is -0.465 e. The van der Waals surface area contributed by atoms with Gasteiger partial charge in [-0.2, -0.15) is 0 Å². The van der Waals surface area contributed by atoms with Gasteiger partial charge in [0.05, 0.1) is 12.0 Å². The molecule has 0 aliphatic heterocycles. The van der Waals surface area contributed by atoms with Crippen molar-refractivity contribution in [3.63, 3.8) is 0 Å². The molecule has 0 amide bonds. The van der Waals surface area contributed by atoms with Crippen molar-refractivity contribution in [2.75, 3.05) is 13.2 Å². The fourth-order valence-electron chi connectivity index (χ4n) is 7.61. The van der Waals surface area contributed by atoms with Crippen LogP contribution in [0.15, 0.2) is 23.4 Å². The molecule has 1 aromatic heterocycles. The van der Waals surface area contributed by atoms with E-state index < -0.39 is 5.41 Å². The fourth-order valence-corrected chi connectivity index (χ4v) is 7.61. The number of ether oxygens (including phenoxy) is 1. The Hall–Kier alpha value is -2.07. The summed E-state index contributed by atoms with van der Waals surface area (Å²) in [6.45, 7) is 13.9. The number of carbonyl (C=O) groups excluding carboxylic acids is 1. The number of nitrogens with zero attached hydrogens (tertiary/aromatic N) is 4. The molecule has 186 valence electrons. The molecule has 6 nitrogen and oxygen atoms in total. The average Bonchev–Trinajstić information content (AvgIpc) is 3.10. The van der Waals surface area contributed by atoms with Crippen molar-refractivity contribution < 1.29 is 9.53 Å². The van der Waals surface area contributed by atoms with Crippen LogP contribution >= 0.6 is 0 Å². The van der Waals surface area contributed by atoms with E-state index in [9.17, 15) is 10.3 Å². The second-order valence-electron chi connectivity index (χ2n) is 12.9. The molecule has 2 saturated carbocycles. The highest BCUT2D eigenvalue weighted by molar-refractivity contribution is 5.75. The third-order valence-corrected chi connectivity index (χ3v) is 9.72. The maximum atomic E-state index is 12.6. The average molecular weight is 467 g/mol. The number of hydrogen-bond donors (Lipinski definition) is 0. The maximum Gasteiger partial charge on any atom is 0.311 e. The van der Waals surface area contributed by atoms with E-state index in [1.165, 1.54) is 17.7 Å². The Morgan fingerprint density at radius 3 is 2.74 bits per heavy atom. The minimum atomic E-state index is -0.490. The second-order valence-corrected chi connectivity index (χ2v) is 12.9. The normalized spacial score (nSPS) is 37.3. The summed E-state index contributed by atoms with van der Waals surface area (Å²) in [7, 11) is 0. The van der Waals surface area contributed by atoms with E-state index in [-0.39, 0.29) is 16.8 Å². The summed E-state index contributed by atoms with van der Waals surface area (Å²) >= 11 is 0. The first-order chi connectivity index (χ1) is 16.0. The Labute approximate surface area is 204 Å². The number of pyridine rings is 1. The second kappa shape index (κ2) is 9.18. The molecule has 0 saturated heterocycles. The van der Waals surface area contributed by atoms with Gasteiger partial charge in [0.15, 0.2) is 0 Å². The number of esters is 1. The van der Waals surface area contributed by atoms with E-state index >= 15 is 0 Å². The standard InChI is InChI=1S/C28H42N4O2/c1-18-9-11-27(5,20(14-18)17-34-25(33)26(2,3)4)22-10-12-28(6)23(21(22)16-31-32-29)15-19-8-7-13-30-24(19)28/h7-8,13,18,20-23H,9-12,14-17H2,1-6H3/t18-,20+,21+,22-,23-,27-,28-/m0/s1. The molecule has 0 N–H and O–H groups in total. The number of fused-ring (bicyclic) bond motifs is 3. The van der Waals surface area contributed by atoms with Crippen LogP contribution < -0.4 is 0 Å². The van der Waals surface area contributed by atoms with Gasteiger partial charge in [-0.3, -0.25) is 9.78 Å². The molecule has 0 spiro atoms. The molecule has 0 unspecified atom stereocenters. The van der Waals surface area contributed by atoms with Crippen LogP contribution in [0.4, 0.5) is 0 Å². The van der Waals surface area contributed by atoms with Gasteiger partial charge < -0.3 is 4.74 Å². The largest absolute Gasteiger partial charge is 0.465 e. The summed E-state index contributed by atoms with van der Waals surface area (Å²) < 4.78 is 5.92. The molecule has 3 aliphatic rings. The molecule has 0 aromatic carbocycles. The van der Waals surface area contributed by atoms with Crippen molar-refractivity contribution in [1.29, 1.82) is 0 Å². The smallest absolute Gasteiger partial charge is 0.311 e. The minimum absolute atomic E-state index is 0.0370. The van der Waals surface area contributed by atoms with Crippen LogP contribution in [0.25, 0.3) is 10.4 Å². The molecule has 7 atom stereocenters. The number of hydrogen-bond acceptors (Lipinski definition) is 4. The Morgan fingerprint density at radius 1 is 1.26 bits per heavy atom. The molecule has 0 radical (unpaired) electrons. The van der Waals surface area contributed by atoms with Gasteiger partial charge in [-0.1, -0.05) is 38.4 Å². The lowest BCUT2D eigenvalue weighted by atomic mass is 9.49. The Bertz CT molecular complexity index is 965. The number of azide groups is 1. The van der Waals surface area contributed by atoms with Crippen LogP contribution in [-0.4, -0.2) is 24.1 Å². The number of carbonyl (C=O) groups is 1. The van der Waals surface area contributed by atoms with E-state index in [0.29, 0.717) is 42.7 Å². The zero-order valence-corrected chi connectivity index (χ0v) is 21.9. The Kier molecular flexibility index (Phi) is 6.76. The van der Waals surface area contributed by atoms with Crippen molar-refractivity contribution in [2.45, 2.75) is 85.5 Å². The first-order valence-electron chi connectivity index (χ1n) is 13.1. The van der Waals surface area contributed by atoms with Gasteiger partial charge in [0, 0.05) is 28.8 Å². The molecule has 2 fully saturated rings. The molecular weight excluding hydrogens is 424 g/mol. The van der Waals surface area contributed by atoms with Gasteiger partial charge in [0.2, 0.25) is 0 Å². The van der Waals surface area contributed by atoms with Gasteiger partial charge in [0.25, 0.3) is 0 Å². The zero-order chi connectivity index (χ0) is 24.7. The molecule has 1 aromatic rings. The third-order valence-electron chi connectivity index (χ3n) is 9.72. The quantitative estimate of drug-likeness (QED) is 0.205. The lowest BCUT2D eigenvalue weighted by molar-refractivity contribution is -0.159. The van der Waals surface area contributed by atoms with Gasteiger partial charge in [-0.05, 0) is 105 Å². The predicted octanol–water partition coefficient (Wildman–Crippen LogP) is 6.88. The third kappa shape index (κ3) is 4.34. The summed E-state index contributed by atoms with van der Waals surface area (Å²) in [6, 6.07) is 4.27. The first-order valence-corrected chi connectivity index (χ1v) is 13.1. The van der Waals surface area contributed by atoms with Crippen LogP contribution in [0.3, 0.4) is 0 Å². The number of aromatic nitrogens is 1. The summed E-state index contributed by atoms with van der Waals surface area (Å²) in [5, 5.41) is 4.15. The summed E-state index contributed by atoms with van der Waals surface area (Å²) in [6.07, 6.45) is 8.57. The van der Waals surface area contributed by atoms with E-state index in [1.54, 1.807) is 0 Å². The topological polar surface area (TPSA) is 88.0 Å². The Balaban J connectivity index is 1.65. The molecule has 34 heavy (non-hydrogen) atoms. The van der Waals surface area contributed by atoms with Crippen molar-refractivity contribution >= 4 is 5.97 Å². The van der Waals surface area contributed by atoms with Crippen LogP contribution in [0.1, 0.15) is 84.9 Å². The zero-order valence-electron chi connectivity index (χ0n) is 21.9. The maximum absolute atomic E-state index is 12.6. The van der Waals surface area contributed by atoms with Gasteiger partial charge in [0.1, 0.15) is 0 Å². The lowest BCUT2D eigenvalue weighted by Crippen LogP contribution is -2.52. The van der Waals surface area contributed by atoms with Crippen LogP contribution in [0.2, 0.25) is 0 Å². The van der Waals surface area contributed by atoms with E-state index in [0.717, 1.165) is 32.1 Å². The van der Waals surface area contributed by atoms with Gasteiger partial charge in [-0.15, -0.1) is 0 Å². The first kappa shape index (κ1) is 25.0. The van der Waals surface area contributed by atoms with Crippen molar-refractivity contribution in [3.8, 4) is 0 Å². The molecule has 3 aliphatic carbocycles. The molecule has 4 rings (SSSR count). The van der Waals surface area contributed by atoms with Crippen LogP contribution in [-0.2, 0) is 21.4 Å². The van der Waals surface area contributed by atoms with E-state index in [2.05, 4.69) is 36.9 Å². The number of rotatable bonds is 5. The van der Waals surface area contributed by atoms with E-state index in [1.807, 2.05) is 33.0 Å². The molecule has 1 heterocycles. The SMILES string of the molecule is C[C@H]1CC[C@](C)([C@H]2CC[C@]3(C)c4ncccc4C[C@H]3[C@@H]2CN=[N+]=[N-])[C@@H](COC(=O)C(C)(C)C)C1. The highest BCUT2D eigenvalue weighted by Gasteiger charge is 2.57. The Morgan fingerprint density at radius 2 is 2.03 bits per heavy atom. The molecular formula is C28H42N4O2. The lowest BCUT2D eigenvalue weighted by Gasteiger charge is -2.56. The molecule has 0 bridgehead atoms. The summed E-state index contributed by atoms with van der Waals surface area (Å²) in [5.74, 6) is 2.02. The van der Waals surface area contributed by atoms with Crippen molar-refractivity contribution in [1.82, 2.24) is 4.98 Å². The fraction of sp³-hybridized carbons (Fsp3) is 0.786. The van der Waals surface area contributed by atoms with Gasteiger partial charge in [-0.25, -0.2) is 0 Å². The predicted molar refractivity (Wildman–Crippen MR) is 134 cm³/mol. The van der Waals surface area contributed by atoms with Gasteiger partial charge >= 0.3 is 5.97 Å².